The summed E-state index contributed by atoms with van der Waals surface area (Å²) in [6.07, 6.45) is 3.35. The number of anilines is 1. The first-order valence-corrected chi connectivity index (χ1v) is 4.84. The van der Waals surface area contributed by atoms with E-state index in [-0.39, 0.29) is 10.1 Å². The third kappa shape index (κ3) is 1.46. The van der Waals surface area contributed by atoms with Crippen LogP contribution in [0.5, 0.6) is 0 Å². The fourth-order valence-electron chi connectivity index (χ4n) is 1.33. The van der Waals surface area contributed by atoms with E-state index in [9.17, 15) is 9.59 Å². The van der Waals surface area contributed by atoms with Crippen molar-refractivity contribution in [3.8, 4) is 0 Å². The Kier molecular flexibility index (Phi) is 2.32. The summed E-state index contributed by atoms with van der Waals surface area (Å²) in [6.45, 7) is 0. The maximum Gasteiger partial charge on any atom is 0.278 e. The molecule has 2 heterocycles. The van der Waals surface area contributed by atoms with Gasteiger partial charge in [0, 0.05) is 19.4 Å². The Balaban J connectivity index is 2.43. The summed E-state index contributed by atoms with van der Waals surface area (Å²) < 4.78 is 1.72. The Bertz CT molecular complexity index is 466. The molecule has 1 aromatic rings. The van der Waals surface area contributed by atoms with Crippen LogP contribution >= 0.6 is 23.2 Å². The van der Waals surface area contributed by atoms with Crippen molar-refractivity contribution >= 4 is 40.7 Å². The van der Waals surface area contributed by atoms with Crippen LogP contribution < -0.4 is 4.90 Å². The number of hydrogen-bond donors (Lipinski definition) is 0. The molecule has 0 aromatic carbocycles. The first-order chi connectivity index (χ1) is 7.02. The molecular weight excluding hydrogens is 239 g/mol. The number of amides is 2. The van der Waals surface area contributed by atoms with Gasteiger partial charge in [-0.15, -0.1) is 0 Å². The molecule has 0 radical (unpaired) electrons. The van der Waals surface area contributed by atoms with E-state index in [1.165, 1.54) is 0 Å². The highest BCUT2D eigenvalue weighted by atomic mass is 35.5. The quantitative estimate of drug-likeness (QED) is 0.705. The van der Waals surface area contributed by atoms with Crippen LogP contribution in [0.4, 0.5) is 5.69 Å². The molecule has 15 heavy (non-hydrogen) atoms. The lowest BCUT2D eigenvalue weighted by Crippen LogP contribution is -2.30. The van der Waals surface area contributed by atoms with E-state index < -0.39 is 11.8 Å². The van der Waals surface area contributed by atoms with Crippen molar-refractivity contribution in [3.63, 3.8) is 0 Å². The molecule has 0 saturated carbocycles. The second-order valence-corrected chi connectivity index (χ2v) is 3.86. The van der Waals surface area contributed by atoms with E-state index in [2.05, 4.69) is 0 Å². The monoisotopic (exact) mass is 244 g/mol. The topological polar surface area (TPSA) is 42.3 Å². The fourth-order valence-corrected chi connectivity index (χ4v) is 1.66. The summed E-state index contributed by atoms with van der Waals surface area (Å²) in [5, 5.41) is -0.462. The highest BCUT2D eigenvalue weighted by Crippen LogP contribution is 2.30. The molecule has 2 amide bonds. The molecule has 78 valence electrons. The molecule has 1 aliphatic rings. The summed E-state index contributed by atoms with van der Waals surface area (Å²) >= 11 is 11.2. The number of halogens is 2. The van der Waals surface area contributed by atoms with Gasteiger partial charge >= 0.3 is 0 Å². The van der Waals surface area contributed by atoms with Gasteiger partial charge in [-0.3, -0.25) is 9.59 Å². The highest BCUT2D eigenvalue weighted by molar-refractivity contribution is 6.62. The largest absolute Gasteiger partial charge is 0.355 e. The summed E-state index contributed by atoms with van der Waals surface area (Å²) in [7, 11) is 1.78. The van der Waals surface area contributed by atoms with Gasteiger partial charge in [0.15, 0.2) is 0 Å². The SMILES string of the molecule is Cn1ccc(N2C(=O)C(Cl)=C(Cl)C2=O)c1. The van der Waals surface area contributed by atoms with Gasteiger partial charge in [-0.1, -0.05) is 23.2 Å². The number of carbonyl (C=O) groups excluding carboxylic acids is 2. The van der Waals surface area contributed by atoms with Crippen molar-refractivity contribution in [2.45, 2.75) is 0 Å². The van der Waals surface area contributed by atoms with E-state index in [0.29, 0.717) is 5.69 Å². The zero-order valence-corrected chi connectivity index (χ0v) is 9.21. The molecule has 0 spiro atoms. The van der Waals surface area contributed by atoms with E-state index in [4.69, 9.17) is 23.2 Å². The lowest BCUT2D eigenvalue weighted by atomic mass is 10.4. The van der Waals surface area contributed by atoms with Gasteiger partial charge in [-0.25, -0.2) is 4.90 Å². The van der Waals surface area contributed by atoms with Crippen molar-refractivity contribution in [1.82, 2.24) is 4.57 Å². The summed E-state index contributed by atoms with van der Waals surface area (Å²) in [5.74, 6) is -1.17. The Hall–Kier alpha value is -1.26. The molecule has 4 nitrogen and oxygen atoms in total. The zero-order valence-electron chi connectivity index (χ0n) is 7.70. The molecule has 1 aliphatic heterocycles. The standard InChI is InChI=1S/C9H6Cl2N2O2/c1-12-3-2-5(4-12)13-8(14)6(10)7(11)9(13)15/h2-4H,1H3. The minimum absolute atomic E-state index is 0.231. The van der Waals surface area contributed by atoms with E-state index in [1.807, 2.05) is 0 Å². The van der Waals surface area contributed by atoms with Crippen molar-refractivity contribution in [3.05, 3.63) is 28.5 Å². The summed E-state index contributed by atoms with van der Waals surface area (Å²) in [5.41, 5.74) is 0.460. The second kappa shape index (κ2) is 3.40. The van der Waals surface area contributed by atoms with Gasteiger partial charge in [-0.05, 0) is 6.07 Å². The van der Waals surface area contributed by atoms with Gasteiger partial charge in [0.2, 0.25) is 0 Å². The average molecular weight is 245 g/mol. The van der Waals surface area contributed by atoms with Crippen molar-refractivity contribution in [2.24, 2.45) is 7.05 Å². The normalized spacial score (nSPS) is 16.9. The zero-order chi connectivity index (χ0) is 11.2. The first-order valence-electron chi connectivity index (χ1n) is 4.08. The minimum atomic E-state index is -0.585. The maximum absolute atomic E-state index is 11.6. The van der Waals surface area contributed by atoms with E-state index in [0.717, 1.165) is 4.90 Å². The maximum atomic E-state index is 11.6. The van der Waals surface area contributed by atoms with Crippen LogP contribution in [0.1, 0.15) is 0 Å². The van der Waals surface area contributed by atoms with E-state index in [1.54, 1.807) is 30.1 Å². The molecule has 0 N–H and O–H groups in total. The van der Waals surface area contributed by atoms with Crippen molar-refractivity contribution in [1.29, 1.82) is 0 Å². The number of rotatable bonds is 1. The third-order valence-corrected chi connectivity index (χ3v) is 2.85. The molecule has 0 unspecified atom stereocenters. The highest BCUT2D eigenvalue weighted by Gasteiger charge is 2.37. The van der Waals surface area contributed by atoms with Gasteiger partial charge in [0.05, 0.1) is 5.69 Å². The molecule has 2 rings (SSSR count). The van der Waals surface area contributed by atoms with Gasteiger partial charge in [0.25, 0.3) is 11.8 Å². The molecular formula is C9H6Cl2N2O2. The summed E-state index contributed by atoms with van der Waals surface area (Å²) in [6, 6.07) is 1.63. The molecule has 1 aromatic heterocycles. The number of carbonyl (C=O) groups is 2. The fraction of sp³-hybridized carbons (Fsp3) is 0.111. The number of aryl methyl sites for hydroxylation is 1. The van der Waals surface area contributed by atoms with Crippen LogP contribution in [-0.2, 0) is 16.6 Å². The predicted octanol–water partition coefficient (Wildman–Crippen LogP) is 1.59. The molecule has 0 bridgehead atoms. The van der Waals surface area contributed by atoms with Crippen LogP contribution in [0.25, 0.3) is 0 Å². The minimum Gasteiger partial charge on any atom is -0.355 e. The smallest absolute Gasteiger partial charge is 0.278 e. The number of imide groups is 1. The van der Waals surface area contributed by atoms with Gasteiger partial charge in [0.1, 0.15) is 10.1 Å². The van der Waals surface area contributed by atoms with Crippen molar-refractivity contribution in [2.75, 3.05) is 4.90 Å². The summed E-state index contributed by atoms with van der Waals surface area (Å²) in [4.78, 5) is 24.1. The molecule has 0 atom stereocenters. The number of aromatic nitrogens is 1. The molecule has 0 aliphatic carbocycles. The van der Waals surface area contributed by atoms with Crippen LogP contribution in [0.15, 0.2) is 28.5 Å². The molecule has 0 fully saturated rings. The van der Waals surface area contributed by atoms with Gasteiger partial charge < -0.3 is 4.57 Å². The Morgan fingerprint density at radius 1 is 1.13 bits per heavy atom. The van der Waals surface area contributed by atoms with E-state index >= 15 is 0 Å². The van der Waals surface area contributed by atoms with Crippen molar-refractivity contribution < 1.29 is 9.59 Å². The first kappa shape index (κ1) is 10.3. The average Bonchev–Trinajstić information content (AvgIpc) is 2.68. The Morgan fingerprint density at radius 3 is 2.07 bits per heavy atom. The second-order valence-electron chi connectivity index (χ2n) is 3.11. The van der Waals surface area contributed by atoms with Gasteiger partial charge in [-0.2, -0.15) is 0 Å². The lowest BCUT2D eigenvalue weighted by Gasteiger charge is -2.11. The van der Waals surface area contributed by atoms with Crippen LogP contribution in [-0.4, -0.2) is 16.4 Å². The van der Waals surface area contributed by atoms with Crippen LogP contribution in [0, 0.1) is 0 Å². The predicted molar refractivity (Wildman–Crippen MR) is 56.6 cm³/mol. The molecule has 0 saturated heterocycles. The Labute approximate surface area is 95.7 Å². The lowest BCUT2D eigenvalue weighted by molar-refractivity contribution is -0.120. The molecule has 6 heteroatoms. The van der Waals surface area contributed by atoms with Crippen LogP contribution in [0.3, 0.4) is 0 Å². The Morgan fingerprint density at radius 2 is 1.67 bits per heavy atom. The third-order valence-electron chi connectivity index (χ3n) is 2.05. The van der Waals surface area contributed by atoms with Crippen LogP contribution in [0.2, 0.25) is 0 Å². The number of nitrogens with zero attached hydrogens (tertiary/aromatic N) is 2. The number of hydrogen-bond acceptors (Lipinski definition) is 2.